The van der Waals surface area contributed by atoms with Gasteiger partial charge in [-0.1, -0.05) is 12.8 Å². The van der Waals surface area contributed by atoms with Crippen molar-refractivity contribution in [2.75, 3.05) is 40.3 Å². The van der Waals surface area contributed by atoms with E-state index in [1.54, 1.807) is 11.9 Å². The van der Waals surface area contributed by atoms with Gasteiger partial charge in [-0.3, -0.25) is 0 Å². The van der Waals surface area contributed by atoms with Crippen LogP contribution in [0, 0.1) is 0 Å². The third-order valence-electron chi connectivity index (χ3n) is 3.02. The number of likely N-dealkylation sites (N-methyl/N-ethyl adjacent to an activating group) is 2. The normalized spacial score (nSPS) is 11.8. The van der Waals surface area contributed by atoms with E-state index in [4.69, 9.17) is 10.5 Å². The standard InChI is InChI=1S/C15H33N3O2/c1-15(2,3)20-14(19)18(5)13-12-17(4)11-9-7-6-8-10-16/h6-13,16H2,1-5H3. The van der Waals surface area contributed by atoms with Crippen LogP contribution in [0.4, 0.5) is 4.79 Å². The van der Waals surface area contributed by atoms with Crippen molar-refractivity contribution in [1.29, 1.82) is 0 Å². The van der Waals surface area contributed by atoms with Crippen LogP contribution in [0.5, 0.6) is 0 Å². The molecule has 0 rings (SSSR count). The summed E-state index contributed by atoms with van der Waals surface area (Å²) in [6.45, 7) is 9.05. The minimum atomic E-state index is -0.430. The molecule has 0 aliphatic rings. The molecule has 0 atom stereocenters. The Hall–Kier alpha value is -0.810. The van der Waals surface area contributed by atoms with Crippen LogP contribution in [0.2, 0.25) is 0 Å². The molecule has 0 unspecified atom stereocenters. The average molecular weight is 287 g/mol. The van der Waals surface area contributed by atoms with Gasteiger partial charge in [0.15, 0.2) is 0 Å². The molecule has 0 aromatic carbocycles. The van der Waals surface area contributed by atoms with Crippen molar-refractivity contribution in [2.24, 2.45) is 5.73 Å². The lowest BCUT2D eigenvalue weighted by Crippen LogP contribution is -2.38. The Morgan fingerprint density at radius 2 is 1.60 bits per heavy atom. The molecule has 1 amide bonds. The minimum absolute atomic E-state index is 0.256. The van der Waals surface area contributed by atoms with E-state index in [0.717, 1.165) is 26.1 Å². The van der Waals surface area contributed by atoms with Crippen LogP contribution in [0.15, 0.2) is 0 Å². The second kappa shape index (κ2) is 10.00. The van der Waals surface area contributed by atoms with Gasteiger partial charge in [0.2, 0.25) is 0 Å². The summed E-state index contributed by atoms with van der Waals surface area (Å²) in [5.74, 6) is 0. The van der Waals surface area contributed by atoms with Crippen LogP contribution in [0.3, 0.4) is 0 Å². The molecule has 20 heavy (non-hydrogen) atoms. The summed E-state index contributed by atoms with van der Waals surface area (Å²) in [5.41, 5.74) is 5.03. The number of hydrogen-bond acceptors (Lipinski definition) is 4. The first kappa shape index (κ1) is 19.2. The lowest BCUT2D eigenvalue weighted by molar-refractivity contribution is 0.0287. The summed E-state index contributed by atoms with van der Waals surface area (Å²) in [7, 11) is 3.87. The lowest BCUT2D eigenvalue weighted by atomic mass is 10.2. The fourth-order valence-electron chi connectivity index (χ4n) is 1.74. The van der Waals surface area contributed by atoms with E-state index in [-0.39, 0.29) is 6.09 Å². The first-order valence-corrected chi connectivity index (χ1v) is 7.59. The zero-order valence-corrected chi connectivity index (χ0v) is 13.9. The van der Waals surface area contributed by atoms with Gasteiger partial charge in [-0.15, -0.1) is 0 Å². The number of hydrogen-bond donors (Lipinski definition) is 1. The molecular formula is C15H33N3O2. The largest absolute Gasteiger partial charge is 0.444 e. The maximum absolute atomic E-state index is 11.8. The monoisotopic (exact) mass is 287 g/mol. The van der Waals surface area contributed by atoms with E-state index in [1.165, 1.54) is 19.3 Å². The maximum Gasteiger partial charge on any atom is 0.410 e. The fourth-order valence-corrected chi connectivity index (χ4v) is 1.74. The Morgan fingerprint density at radius 1 is 1.00 bits per heavy atom. The molecule has 120 valence electrons. The van der Waals surface area contributed by atoms with Crippen molar-refractivity contribution >= 4 is 6.09 Å². The van der Waals surface area contributed by atoms with E-state index in [0.29, 0.717) is 6.54 Å². The summed E-state index contributed by atoms with van der Waals surface area (Å²) in [4.78, 5) is 15.7. The highest BCUT2D eigenvalue weighted by Gasteiger charge is 2.19. The van der Waals surface area contributed by atoms with Gasteiger partial charge in [-0.2, -0.15) is 0 Å². The van der Waals surface area contributed by atoms with Crippen molar-refractivity contribution in [2.45, 2.75) is 52.1 Å². The molecule has 5 nitrogen and oxygen atoms in total. The molecular weight excluding hydrogens is 254 g/mol. The average Bonchev–Trinajstić information content (AvgIpc) is 2.33. The Morgan fingerprint density at radius 3 is 2.15 bits per heavy atom. The number of nitrogens with two attached hydrogens (primary N) is 1. The number of unbranched alkanes of at least 4 members (excludes halogenated alkanes) is 3. The summed E-state index contributed by atoms with van der Waals surface area (Å²) in [6, 6.07) is 0. The predicted octanol–water partition coefficient (Wildman–Crippen LogP) is 2.30. The van der Waals surface area contributed by atoms with Crippen LogP contribution in [0.1, 0.15) is 46.5 Å². The van der Waals surface area contributed by atoms with Gasteiger partial charge >= 0.3 is 6.09 Å². The van der Waals surface area contributed by atoms with Crippen LogP contribution in [-0.2, 0) is 4.74 Å². The van der Waals surface area contributed by atoms with Crippen molar-refractivity contribution in [3.8, 4) is 0 Å². The molecule has 0 spiro atoms. The molecule has 2 N–H and O–H groups in total. The molecule has 0 bridgehead atoms. The number of ether oxygens (including phenoxy) is 1. The highest BCUT2D eigenvalue weighted by Crippen LogP contribution is 2.09. The Labute approximate surface area is 124 Å². The third-order valence-corrected chi connectivity index (χ3v) is 3.02. The predicted molar refractivity (Wildman–Crippen MR) is 83.9 cm³/mol. The molecule has 0 fully saturated rings. The van der Waals surface area contributed by atoms with E-state index in [1.807, 2.05) is 20.8 Å². The van der Waals surface area contributed by atoms with E-state index in [2.05, 4.69) is 11.9 Å². The first-order valence-electron chi connectivity index (χ1n) is 7.59. The molecule has 5 heteroatoms. The number of carbonyl (C=O) groups excluding carboxylic acids is 1. The van der Waals surface area contributed by atoms with Gasteiger partial charge < -0.3 is 20.3 Å². The van der Waals surface area contributed by atoms with Crippen LogP contribution < -0.4 is 5.73 Å². The minimum Gasteiger partial charge on any atom is -0.444 e. The van der Waals surface area contributed by atoms with E-state index in [9.17, 15) is 4.79 Å². The Bertz CT molecular complexity index is 264. The summed E-state index contributed by atoms with van der Waals surface area (Å²) >= 11 is 0. The van der Waals surface area contributed by atoms with Gasteiger partial charge in [0.25, 0.3) is 0 Å². The highest BCUT2D eigenvalue weighted by molar-refractivity contribution is 5.67. The van der Waals surface area contributed by atoms with Crippen LogP contribution in [-0.4, -0.2) is 61.8 Å². The van der Waals surface area contributed by atoms with Crippen molar-refractivity contribution in [1.82, 2.24) is 9.80 Å². The number of amides is 1. The summed E-state index contributed by atoms with van der Waals surface area (Å²) < 4.78 is 5.31. The molecule has 0 radical (unpaired) electrons. The zero-order valence-electron chi connectivity index (χ0n) is 13.9. The lowest BCUT2D eigenvalue weighted by Gasteiger charge is -2.26. The van der Waals surface area contributed by atoms with Crippen LogP contribution >= 0.6 is 0 Å². The number of nitrogens with zero attached hydrogens (tertiary/aromatic N) is 2. The molecule has 0 saturated heterocycles. The summed E-state index contributed by atoms with van der Waals surface area (Å²) in [6.07, 6.45) is 4.48. The highest BCUT2D eigenvalue weighted by atomic mass is 16.6. The molecule has 0 aliphatic heterocycles. The van der Waals surface area contributed by atoms with Gasteiger partial charge in [-0.05, 0) is 53.8 Å². The van der Waals surface area contributed by atoms with Gasteiger partial charge in [0.05, 0.1) is 0 Å². The van der Waals surface area contributed by atoms with Crippen molar-refractivity contribution in [3.05, 3.63) is 0 Å². The fraction of sp³-hybridized carbons (Fsp3) is 0.933. The van der Waals surface area contributed by atoms with Gasteiger partial charge in [0, 0.05) is 20.1 Å². The molecule has 0 heterocycles. The zero-order chi connectivity index (χ0) is 15.6. The summed E-state index contributed by atoms with van der Waals surface area (Å²) in [5, 5.41) is 0. The molecule has 0 saturated carbocycles. The topological polar surface area (TPSA) is 58.8 Å². The number of carbonyl (C=O) groups is 1. The first-order chi connectivity index (χ1) is 9.26. The van der Waals surface area contributed by atoms with Crippen molar-refractivity contribution < 1.29 is 9.53 Å². The van der Waals surface area contributed by atoms with Gasteiger partial charge in [0.1, 0.15) is 5.60 Å². The van der Waals surface area contributed by atoms with Crippen molar-refractivity contribution in [3.63, 3.8) is 0 Å². The smallest absolute Gasteiger partial charge is 0.410 e. The SMILES string of the molecule is CN(CCCCCCN)CCN(C)C(=O)OC(C)(C)C. The quantitative estimate of drug-likeness (QED) is 0.661. The van der Waals surface area contributed by atoms with E-state index >= 15 is 0 Å². The Kier molecular flexibility index (Phi) is 9.59. The molecule has 0 aliphatic carbocycles. The molecule has 0 aromatic heterocycles. The maximum atomic E-state index is 11.8. The third kappa shape index (κ3) is 11.1. The van der Waals surface area contributed by atoms with Crippen LogP contribution in [0.25, 0.3) is 0 Å². The molecule has 0 aromatic rings. The Balaban J connectivity index is 3.72. The second-order valence-corrected chi connectivity index (χ2v) is 6.41. The van der Waals surface area contributed by atoms with E-state index < -0.39 is 5.60 Å². The van der Waals surface area contributed by atoms with Gasteiger partial charge in [-0.25, -0.2) is 4.79 Å². The second-order valence-electron chi connectivity index (χ2n) is 6.41. The number of rotatable bonds is 9.